The summed E-state index contributed by atoms with van der Waals surface area (Å²) in [4.78, 5) is 30.4. The van der Waals surface area contributed by atoms with Crippen LogP contribution in [-0.2, 0) is 11.3 Å². The van der Waals surface area contributed by atoms with Crippen molar-refractivity contribution in [3.63, 3.8) is 0 Å². The summed E-state index contributed by atoms with van der Waals surface area (Å²) in [5, 5.41) is 2.76. The zero-order valence-electron chi connectivity index (χ0n) is 14.7. The highest BCUT2D eigenvalue weighted by Crippen LogP contribution is 2.33. The van der Waals surface area contributed by atoms with Crippen LogP contribution in [0.4, 0.5) is 0 Å². The molecule has 0 bridgehead atoms. The van der Waals surface area contributed by atoms with Crippen LogP contribution in [0.25, 0.3) is 0 Å². The van der Waals surface area contributed by atoms with Crippen LogP contribution in [0, 0.1) is 6.92 Å². The maximum atomic E-state index is 13.0. The van der Waals surface area contributed by atoms with Gasteiger partial charge in [-0.3, -0.25) is 14.6 Å². The van der Waals surface area contributed by atoms with E-state index in [1.54, 1.807) is 6.20 Å². The van der Waals surface area contributed by atoms with Crippen molar-refractivity contribution in [3.8, 4) is 0 Å². The van der Waals surface area contributed by atoms with E-state index in [1.807, 2.05) is 48.2 Å². The van der Waals surface area contributed by atoms with Gasteiger partial charge in [0.15, 0.2) is 0 Å². The van der Waals surface area contributed by atoms with Crippen LogP contribution < -0.4 is 5.32 Å². The van der Waals surface area contributed by atoms with Crippen molar-refractivity contribution in [1.29, 1.82) is 0 Å². The van der Waals surface area contributed by atoms with Crippen LogP contribution >= 0.6 is 0 Å². The molecule has 1 N–H and O–H groups in total. The minimum absolute atomic E-state index is 0.0613. The van der Waals surface area contributed by atoms with Gasteiger partial charge in [-0.1, -0.05) is 18.2 Å². The minimum Gasteiger partial charge on any atom is -0.351 e. The van der Waals surface area contributed by atoms with E-state index >= 15 is 0 Å². The number of carbonyl (C=O) groups is 2. The van der Waals surface area contributed by atoms with Crippen molar-refractivity contribution in [3.05, 3.63) is 65.0 Å². The lowest BCUT2D eigenvalue weighted by Gasteiger charge is -2.26. The third kappa shape index (κ3) is 3.87. The van der Waals surface area contributed by atoms with Crippen LogP contribution in [0.5, 0.6) is 0 Å². The molecule has 25 heavy (non-hydrogen) atoms. The Labute approximate surface area is 148 Å². The van der Waals surface area contributed by atoms with E-state index in [4.69, 9.17) is 0 Å². The lowest BCUT2D eigenvalue weighted by atomic mass is 10.0. The van der Waals surface area contributed by atoms with Gasteiger partial charge >= 0.3 is 0 Å². The number of hydrogen-bond donors (Lipinski definition) is 1. The lowest BCUT2D eigenvalue weighted by molar-refractivity contribution is -0.119. The van der Waals surface area contributed by atoms with Gasteiger partial charge in [-0.25, -0.2) is 0 Å². The lowest BCUT2D eigenvalue weighted by Crippen LogP contribution is -2.31. The molecule has 0 radical (unpaired) electrons. The smallest absolute Gasteiger partial charge is 0.254 e. The summed E-state index contributed by atoms with van der Waals surface area (Å²) in [5.41, 5.74) is 3.65. The molecular weight excluding hydrogens is 314 g/mol. The second-order valence-electron chi connectivity index (χ2n) is 6.46. The summed E-state index contributed by atoms with van der Waals surface area (Å²) >= 11 is 0. The number of aryl methyl sites for hydroxylation is 1. The van der Waals surface area contributed by atoms with Gasteiger partial charge in [-0.15, -0.1) is 0 Å². The van der Waals surface area contributed by atoms with Gasteiger partial charge in [0, 0.05) is 25.2 Å². The Hall–Kier alpha value is -2.69. The average Bonchev–Trinajstić information content (AvgIpc) is 3.10. The molecule has 0 aliphatic carbocycles. The predicted molar refractivity (Wildman–Crippen MR) is 95.9 cm³/mol. The maximum absolute atomic E-state index is 13.0. The Morgan fingerprint density at radius 3 is 2.84 bits per heavy atom. The number of amides is 2. The maximum Gasteiger partial charge on any atom is 0.254 e. The van der Waals surface area contributed by atoms with E-state index in [-0.39, 0.29) is 17.9 Å². The summed E-state index contributed by atoms with van der Waals surface area (Å²) in [7, 11) is 0. The van der Waals surface area contributed by atoms with Crippen LogP contribution in [0.3, 0.4) is 0 Å². The molecule has 3 rings (SSSR count). The summed E-state index contributed by atoms with van der Waals surface area (Å²) < 4.78 is 0. The third-order valence-electron chi connectivity index (χ3n) is 4.63. The van der Waals surface area contributed by atoms with Gasteiger partial charge in [-0.2, -0.15) is 0 Å². The normalized spacial score (nSPS) is 16.7. The Kier molecular flexibility index (Phi) is 5.12. The molecule has 0 saturated carbocycles. The van der Waals surface area contributed by atoms with E-state index in [1.165, 1.54) is 6.92 Å². The molecule has 1 fully saturated rings. The minimum atomic E-state index is -0.0792. The first kappa shape index (κ1) is 17.1. The first-order valence-corrected chi connectivity index (χ1v) is 8.62. The number of nitrogens with zero attached hydrogens (tertiary/aromatic N) is 2. The molecule has 1 saturated heterocycles. The van der Waals surface area contributed by atoms with Crippen LogP contribution in [-0.4, -0.2) is 28.2 Å². The van der Waals surface area contributed by atoms with E-state index < -0.39 is 0 Å². The zero-order valence-corrected chi connectivity index (χ0v) is 14.7. The number of hydrogen-bond acceptors (Lipinski definition) is 3. The molecule has 1 aromatic carbocycles. The van der Waals surface area contributed by atoms with Crippen molar-refractivity contribution >= 4 is 11.8 Å². The molecular formula is C20H23N3O2. The zero-order chi connectivity index (χ0) is 17.8. The fourth-order valence-electron chi connectivity index (χ4n) is 3.34. The fourth-order valence-corrected chi connectivity index (χ4v) is 3.34. The Bertz CT molecular complexity index is 788. The van der Waals surface area contributed by atoms with Crippen LogP contribution in [0.15, 0.2) is 42.6 Å². The van der Waals surface area contributed by atoms with E-state index in [0.717, 1.165) is 41.8 Å². The number of nitrogens with one attached hydrogen (secondary N) is 1. The molecule has 1 aromatic heterocycles. The number of rotatable bonds is 4. The first-order valence-electron chi connectivity index (χ1n) is 8.62. The van der Waals surface area contributed by atoms with E-state index in [2.05, 4.69) is 10.3 Å². The molecule has 2 amide bonds. The highest BCUT2D eigenvalue weighted by Gasteiger charge is 2.31. The molecule has 5 heteroatoms. The number of likely N-dealkylation sites (tertiary alicyclic amines) is 1. The van der Waals surface area contributed by atoms with E-state index in [9.17, 15) is 9.59 Å². The average molecular weight is 337 g/mol. The quantitative estimate of drug-likeness (QED) is 0.933. The van der Waals surface area contributed by atoms with Gasteiger partial charge in [0.2, 0.25) is 5.91 Å². The molecule has 1 aliphatic rings. The Balaban J connectivity index is 1.82. The summed E-state index contributed by atoms with van der Waals surface area (Å²) in [6.07, 6.45) is 3.69. The van der Waals surface area contributed by atoms with Crippen molar-refractivity contribution < 1.29 is 9.59 Å². The molecule has 2 aromatic rings. The van der Waals surface area contributed by atoms with Gasteiger partial charge in [0.1, 0.15) is 0 Å². The standard InChI is InChI=1S/C20H23N3O2/c1-14-6-3-4-7-18(14)20(25)23-11-5-8-19(23)16-9-10-21-17(12-16)13-22-15(2)24/h3-4,6-7,9-10,12,19H,5,8,11,13H2,1-2H3,(H,22,24). The van der Waals surface area contributed by atoms with Gasteiger partial charge < -0.3 is 10.2 Å². The summed E-state index contributed by atoms with van der Waals surface area (Å²) in [5.74, 6) is 0.00486. The Morgan fingerprint density at radius 2 is 2.08 bits per heavy atom. The van der Waals surface area contributed by atoms with E-state index in [0.29, 0.717) is 6.54 Å². The van der Waals surface area contributed by atoms with Crippen LogP contribution in [0.1, 0.15) is 53.0 Å². The molecule has 1 atom stereocenters. The van der Waals surface area contributed by atoms with Crippen molar-refractivity contribution in [1.82, 2.24) is 15.2 Å². The second kappa shape index (κ2) is 7.47. The first-order chi connectivity index (χ1) is 12.1. The highest BCUT2D eigenvalue weighted by molar-refractivity contribution is 5.96. The highest BCUT2D eigenvalue weighted by atomic mass is 16.2. The molecule has 130 valence electrons. The number of carbonyl (C=O) groups excluding carboxylic acids is 2. The number of aromatic nitrogens is 1. The van der Waals surface area contributed by atoms with Gasteiger partial charge in [0.05, 0.1) is 18.3 Å². The topological polar surface area (TPSA) is 62.3 Å². The number of pyridine rings is 1. The van der Waals surface area contributed by atoms with Gasteiger partial charge in [0.25, 0.3) is 5.91 Å². The molecule has 2 heterocycles. The van der Waals surface area contributed by atoms with Crippen molar-refractivity contribution in [2.24, 2.45) is 0 Å². The summed E-state index contributed by atoms with van der Waals surface area (Å²) in [6.45, 7) is 4.63. The largest absolute Gasteiger partial charge is 0.351 e. The molecule has 5 nitrogen and oxygen atoms in total. The van der Waals surface area contributed by atoms with Crippen molar-refractivity contribution in [2.45, 2.75) is 39.3 Å². The van der Waals surface area contributed by atoms with Crippen LogP contribution in [0.2, 0.25) is 0 Å². The number of benzene rings is 1. The monoisotopic (exact) mass is 337 g/mol. The SMILES string of the molecule is CC(=O)NCc1cc(C2CCCN2C(=O)c2ccccc2C)ccn1. The molecule has 1 aliphatic heterocycles. The Morgan fingerprint density at radius 1 is 1.28 bits per heavy atom. The second-order valence-corrected chi connectivity index (χ2v) is 6.46. The van der Waals surface area contributed by atoms with Crippen molar-refractivity contribution in [2.75, 3.05) is 6.54 Å². The third-order valence-corrected chi connectivity index (χ3v) is 4.63. The molecule has 0 spiro atoms. The van der Waals surface area contributed by atoms with Gasteiger partial charge in [-0.05, 0) is 49.1 Å². The summed E-state index contributed by atoms with van der Waals surface area (Å²) in [6, 6.07) is 11.7. The fraction of sp³-hybridized carbons (Fsp3) is 0.350. The molecule has 1 unspecified atom stereocenters. The predicted octanol–water partition coefficient (Wildman–Crippen LogP) is 3.00.